The summed E-state index contributed by atoms with van der Waals surface area (Å²) >= 11 is 0. The Kier molecular flexibility index (Phi) is 1.59. The van der Waals surface area contributed by atoms with Crippen LogP contribution in [0.15, 0.2) is 0 Å². The van der Waals surface area contributed by atoms with Gasteiger partial charge in [0.15, 0.2) is 5.78 Å². The van der Waals surface area contributed by atoms with E-state index in [-0.39, 0.29) is 6.10 Å². The van der Waals surface area contributed by atoms with Gasteiger partial charge in [-0.25, -0.2) is 0 Å². The van der Waals surface area contributed by atoms with Gasteiger partial charge in [0.25, 0.3) is 0 Å². The van der Waals surface area contributed by atoms with Crippen LogP contribution in [0.4, 0.5) is 0 Å². The fraction of sp³-hybridized carbons (Fsp3) is 0.900. The molecule has 0 aromatic heterocycles. The van der Waals surface area contributed by atoms with Crippen LogP contribution in [0.5, 0.6) is 0 Å². The van der Waals surface area contributed by atoms with Crippen LogP contribution in [0, 0.1) is 17.3 Å². The number of hydrogen-bond acceptors (Lipinski definition) is 2. The molecular weight excluding hydrogens is 152 g/mol. The molecule has 2 heteroatoms. The van der Waals surface area contributed by atoms with Crippen LogP contribution in [-0.4, -0.2) is 19.0 Å². The lowest BCUT2D eigenvalue weighted by Gasteiger charge is -2.17. The van der Waals surface area contributed by atoms with Gasteiger partial charge in [-0.2, -0.15) is 0 Å². The summed E-state index contributed by atoms with van der Waals surface area (Å²) in [6, 6.07) is 0. The highest BCUT2D eigenvalue weighted by molar-refractivity contribution is 5.85. The predicted molar refractivity (Wildman–Crippen MR) is 45.8 cm³/mol. The highest BCUT2D eigenvalue weighted by atomic mass is 16.5. The number of fused-ring (bicyclic) bond motifs is 1. The van der Waals surface area contributed by atoms with Crippen molar-refractivity contribution in [2.75, 3.05) is 7.11 Å². The van der Waals surface area contributed by atoms with E-state index in [0.717, 1.165) is 18.8 Å². The Balaban J connectivity index is 2.08. The summed E-state index contributed by atoms with van der Waals surface area (Å²) in [5.74, 6) is 1.70. The molecular formula is C10H16O2. The van der Waals surface area contributed by atoms with Crippen molar-refractivity contribution < 1.29 is 9.53 Å². The van der Waals surface area contributed by atoms with E-state index in [4.69, 9.17) is 4.74 Å². The smallest absolute Gasteiger partial charge is 0.161 e. The molecule has 3 atom stereocenters. The van der Waals surface area contributed by atoms with Crippen LogP contribution in [0.3, 0.4) is 0 Å². The lowest BCUT2D eigenvalue weighted by Crippen LogP contribution is -2.27. The van der Waals surface area contributed by atoms with Crippen LogP contribution in [0.1, 0.15) is 26.7 Å². The molecule has 0 spiro atoms. The molecule has 2 aliphatic rings. The molecule has 2 aliphatic carbocycles. The molecule has 0 amide bonds. The van der Waals surface area contributed by atoms with Crippen LogP contribution in [0.25, 0.3) is 0 Å². The lowest BCUT2D eigenvalue weighted by molar-refractivity contribution is -0.131. The second-order valence-electron chi connectivity index (χ2n) is 4.66. The maximum atomic E-state index is 11.4. The minimum Gasteiger partial charge on any atom is -0.374 e. The number of rotatable bonds is 1. The first-order chi connectivity index (χ1) is 5.57. The number of carbonyl (C=O) groups excluding carboxylic acids is 1. The Morgan fingerprint density at radius 3 is 2.67 bits per heavy atom. The SMILES string of the molecule is COC1CC2C(CC1=O)C2(C)C. The van der Waals surface area contributed by atoms with Gasteiger partial charge >= 0.3 is 0 Å². The Bertz CT molecular complexity index is 220. The summed E-state index contributed by atoms with van der Waals surface area (Å²) in [6.07, 6.45) is 1.59. The first-order valence-electron chi connectivity index (χ1n) is 4.63. The molecule has 2 nitrogen and oxygen atoms in total. The van der Waals surface area contributed by atoms with Gasteiger partial charge in [0, 0.05) is 13.5 Å². The summed E-state index contributed by atoms with van der Waals surface area (Å²) in [5.41, 5.74) is 0.406. The molecule has 2 fully saturated rings. The van der Waals surface area contributed by atoms with Crippen molar-refractivity contribution in [1.29, 1.82) is 0 Å². The molecule has 0 heterocycles. The second kappa shape index (κ2) is 2.32. The molecule has 12 heavy (non-hydrogen) atoms. The molecule has 3 unspecified atom stereocenters. The summed E-state index contributed by atoms with van der Waals surface area (Å²) in [6.45, 7) is 4.52. The Morgan fingerprint density at radius 1 is 1.42 bits per heavy atom. The zero-order valence-corrected chi connectivity index (χ0v) is 7.96. The lowest BCUT2D eigenvalue weighted by atomic mass is 9.96. The van der Waals surface area contributed by atoms with Gasteiger partial charge in [0.2, 0.25) is 0 Å². The largest absolute Gasteiger partial charge is 0.374 e. The number of Topliss-reactive ketones (excluding diaryl/α,β-unsaturated/α-hetero) is 1. The average molecular weight is 168 g/mol. The van der Waals surface area contributed by atoms with Gasteiger partial charge in [-0.1, -0.05) is 13.8 Å². The van der Waals surface area contributed by atoms with E-state index in [9.17, 15) is 4.79 Å². The van der Waals surface area contributed by atoms with Gasteiger partial charge in [-0.05, 0) is 23.7 Å². The quantitative estimate of drug-likeness (QED) is 0.595. The van der Waals surface area contributed by atoms with E-state index in [1.54, 1.807) is 7.11 Å². The maximum Gasteiger partial charge on any atom is 0.161 e. The fourth-order valence-corrected chi connectivity index (χ4v) is 2.67. The third-order valence-corrected chi connectivity index (χ3v) is 3.82. The predicted octanol–water partition coefficient (Wildman–Crippen LogP) is 1.64. The minimum atomic E-state index is -0.104. The van der Waals surface area contributed by atoms with E-state index in [1.165, 1.54) is 0 Å². The minimum absolute atomic E-state index is 0.104. The summed E-state index contributed by atoms with van der Waals surface area (Å²) < 4.78 is 5.14. The highest BCUT2D eigenvalue weighted by Gasteiger charge is 2.61. The van der Waals surface area contributed by atoms with Crippen molar-refractivity contribution >= 4 is 5.78 Å². The van der Waals surface area contributed by atoms with Crippen molar-refractivity contribution in [3.63, 3.8) is 0 Å². The van der Waals surface area contributed by atoms with E-state index in [1.807, 2.05) is 0 Å². The van der Waals surface area contributed by atoms with Crippen molar-refractivity contribution in [3.05, 3.63) is 0 Å². The number of carbonyl (C=O) groups is 1. The van der Waals surface area contributed by atoms with E-state index < -0.39 is 0 Å². The first-order valence-corrected chi connectivity index (χ1v) is 4.63. The molecule has 0 saturated heterocycles. The summed E-state index contributed by atoms with van der Waals surface area (Å²) in [4.78, 5) is 11.4. The molecule has 2 saturated carbocycles. The van der Waals surface area contributed by atoms with E-state index >= 15 is 0 Å². The zero-order chi connectivity index (χ0) is 8.93. The third-order valence-electron chi connectivity index (χ3n) is 3.82. The third kappa shape index (κ3) is 0.939. The summed E-state index contributed by atoms with van der Waals surface area (Å²) in [5, 5.41) is 0. The van der Waals surface area contributed by atoms with Crippen molar-refractivity contribution in [2.24, 2.45) is 17.3 Å². The number of ketones is 1. The number of ether oxygens (including phenoxy) is 1. The van der Waals surface area contributed by atoms with Gasteiger partial charge in [-0.3, -0.25) is 4.79 Å². The van der Waals surface area contributed by atoms with Crippen LogP contribution < -0.4 is 0 Å². The van der Waals surface area contributed by atoms with Crippen LogP contribution >= 0.6 is 0 Å². The highest BCUT2D eigenvalue weighted by Crippen LogP contribution is 2.64. The molecule has 0 radical (unpaired) electrons. The average Bonchev–Trinajstić information content (AvgIpc) is 2.52. The van der Waals surface area contributed by atoms with Gasteiger partial charge in [-0.15, -0.1) is 0 Å². The number of hydrogen-bond donors (Lipinski definition) is 0. The van der Waals surface area contributed by atoms with E-state index in [0.29, 0.717) is 17.1 Å². The summed E-state index contributed by atoms with van der Waals surface area (Å²) in [7, 11) is 1.64. The van der Waals surface area contributed by atoms with E-state index in [2.05, 4.69) is 13.8 Å². The topological polar surface area (TPSA) is 26.3 Å². The molecule has 0 aromatic carbocycles. The van der Waals surface area contributed by atoms with Crippen LogP contribution in [-0.2, 0) is 9.53 Å². The van der Waals surface area contributed by atoms with Gasteiger partial charge < -0.3 is 4.74 Å². The molecule has 0 aromatic rings. The molecule has 68 valence electrons. The molecule has 0 aliphatic heterocycles. The normalized spacial score (nSPS) is 43.9. The Hall–Kier alpha value is -0.370. The van der Waals surface area contributed by atoms with Crippen molar-refractivity contribution in [2.45, 2.75) is 32.8 Å². The zero-order valence-electron chi connectivity index (χ0n) is 7.96. The first kappa shape index (κ1) is 8.24. The maximum absolute atomic E-state index is 11.4. The van der Waals surface area contributed by atoms with Crippen molar-refractivity contribution in [1.82, 2.24) is 0 Å². The second-order valence-corrected chi connectivity index (χ2v) is 4.66. The molecule has 0 N–H and O–H groups in total. The van der Waals surface area contributed by atoms with Gasteiger partial charge in [0.1, 0.15) is 6.10 Å². The molecule has 0 bridgehead atoms. The van der Waals surface area contributed by atoms with Crippen LogP contribution in [0.2, 0.25) is 0 Å². The fourth-order valence-electron chi connectivity index (χ4n) is 2.67. The number of methoxy groups -OCH3 is 1. The monoisotopic (exact) mass is 168 g/mol. The van der Waals surface area contributed by atoms with Crippen molar-refractivity contribution in [3.8, 4) is 0 Å². The Morgan fingerprint density at radius 2 is 2.08 bits per heavy atom. The standard InChI is InChI=1S/C10H16O2/c1-10(2)6-4-8(11)9(12-3)5-7(6)10/h6-7,9H,4-5H2,1-3H3. The Labute approximate surface area is 73.3 Å². The molecule has 2 rings (SSSR count). The van der Waals surface area contributed by atoms with Gasteiger partial charge in [0.05, 0.1) is 0 Å².